The van der Waals surface area contributed by atoms with Gasteiger partial charge in [-0.3, -0.25) is 14.4 Å². The van der Waals surface area contributed by atoms with E-state index in [1.165, 1.54) is 11.3 Å². The molecule has 3 heterocycles. The number of aliphatic hydroxyl groups is 1. The lowest BCUT2D eigenvalue weighted by Gasteiger charge is -2.45. The highest BCUT2D eigenvalue weighted by atomic mass is 32.1. The van der Waals surface area contributed by atoms with Crippen molar-refractivity contribution < 1.29 is 38.5 Å². The summed E-state index contributed by atoms with van der Waals surface area (Å²) in [5, 5.41) is 13.9. The Labute approximate surface area is 238 Å². The van der Waals surface area contributed by atoms with Crippen LogP contribution >= 0.6 is 11.3 Å². The van der Waals surface area contributed by atoms with Gasteiger partial charge in [-0.05, 0) is 63.2 Å². The molecule has 2 aliphatic heterocycles. The van der Waals surface area contributed by atoms with Gasteiger partial charge >= 0.3 is 17.9 Å². The van der Waals surface area contributed by atoms with Crippen LogP contribution in [0.2, 0.25) is 0 Å². The molecule has 1 aliphatic carbocycles. The minimum absolute atomic E-state index is 0.0347. The van der Waals surface area contributed by atoms with Gasteiger partial charge in [-0.15, -0.1) is 11.3 Å². The fraction of sp³-hybridized carbons (Fsp3) is 0.567. The standard InChI is InChI=1S/C30H37NO8S/c1-6-24(32)37-14-19-8-7-9-21-26-29(36)39-23(30(26,5)28(35)17(3)27(21)34)13-25(33)38-22(11-10-19)16(2)12-20-15-40-18(4)31-20/h6,10,12,15,17,21-23,26-27,34H,1,7-9,11,13-14H2,2-5H3/b16-12+,19-10+/t17-,21-,22+,23+,26?,27-,30+/m1/s1. The number of aliphatic hydroxyl groups excluding tert-OH is 1. The predicted octanol–water partition coefficient (Wildman–Crippen LogP) is 4.13. The number of ether oxygens (including phenoxy) is 3. The van der Waals surface area contributed by atoms with Crippen LogP contribution < -0.4 is 0 Å². The highest BCUT2D eigenvalue weighted by Gasteiger charge is 2.66. The van der Waals surface area contributed by atoms with Gasteiger partial charge in [0.15, 0.2) is 0 Å². The topological polar surface area (TPSA) is 129 Å². The van der Waals surface area contributed by atoms with Crippen molar-refractivity contribution >= 4 is 41.1 Å². The van der Waals surface area contributed by atoms with E-state index in [2.05, 4.69) is 11.6 Å². The van der Waals surface area contributed by atoms with Crippen LogP contribution in [0.3, 0.4) is 0 Å². The van der Waals surface area contributed by atoms with Crippen LogP contribution in [-0.2, 0) is 33.4 Å². The summed E-state index contributed by atoms with van der Waals surface area (Å²) in [7, 11) is 0. The van der Waals surface area contributed by atoms with Crippen LogP contribution in [0.1, 0.15) is 63.6 Å². The van der Waals surface area contributed by atoms with Crippen molar-refractivity contribution in [3.8, 4) is 0 Å². The summed E-state index contributed by atoms with van der Waals surface area (Å²) in [5.74, 6) is -4.07. The van der Waals surface area contributed by atoms with Crippen molar-refractivity contribution in [2.75, 3.05) is 6.61 Å². The quantitative estimate of drug-likeness (QED) is 0.240. The first-order valence-corrected chi connectivity index (χ1v) is 14.5. The summed E-state index contributed by atoms with van der Waals surface area (Å²) in [6.45, 7) is 10.6. The minimum atomic E-state index is -1.25. The SMILES string of the molecule is C=CC(=O)OC/C1=C/C[C@@H](/C(C)=C/c2csc(C)n2)OC(=O)C[C@@H]2OC(=O)C3[C@@H](CCC1)[C@H](O)[C@@H](C)C(=O)[C@]32C. The van der Waals surface area contributed by atoms with Crippen LogP contribution in [0, 0.1) is 30.1 Å². The molecular weight excluding hydrogens is 534 g/mol. The van der Waals surface area contributed by atoms with Gasteiger partial charge in [0, 0.05) is 23.8 Å². The third-order valence-corrected chi connectivity index (χ3v) is 9.31. The van der Waals surface area contributed by atoms with E-state index in [9.17, 15) is 24.3 Å². The van der Waals surface area contributed by atoms with Gasteiger partial charge in [0.05, 0.1) is 34.6 Å². The lowest BCUT2D eigenvalue weighted by molar-refractivity contribution is -0.158. The van der Waals surface area contributed by atoms with Crippen LogP contribution in [0.25, 0.3) is 6.08 Å². The first-order chi connectivity index (χ1) is 18.9. The van der Waals surface area contributed by atoms with Gasteiger partial charge in [-0.25, -0.2) is 9.78 Å². The number of cyclic esters (lactones) is 1. The molecule has 2 fully saturated rings. The fourth-order valence-electron chi connectivity index (χ4n) is 6.27. The molecule has 1 aromatic heterocycles. The molecule has 9 nitrogen and oxygen atoms in total. The number of ketones is 1. The average molecular weight is 572 g/mol. The minimum Gasteiger partial charge on any atom is -0.460 e. The smallest absolute Gasteiger partial charge is 0.330 e. The van der Waals surface area contributed by atoms with E-state index in [1.54, 1.807) is 13.8 Å². The van der Waals surface area contributed by atoms with E-state index in [0.717, 1.165) is 27.9 Å². The Hall–Kier alpha value is -3.11. The van der Waals surface area contributed by atoms with E-state index < -0.39 is 59.4 Å². The molecule has 1 N–H and O–H groups in total. The maximum absolute atomic E-state index is 13.5. The fourth-order valence-corrected chi connectivity index (χ4v) is 6.84. The summed E-state index contributed by atoms with van der Waals surface area (Å²) >= 11 is 1.51. The number of carbonyl (C=O) groups is 4. The molecule has 0 spiro atoms. The average Bonchev–Trinajstić information content (AvgIpc) is 3.43. The van der Waals surface area contributed by atoms with Crippen LogP contribution in [-0.4, -0.2) is 58.7 Å². The number of esters is 3. The molecule has 3 aliphatic rings. The van der Waals surface area contributed by atoms with E-state index in [1.807, 2.05) is 31.4 Å². The molecule has 40 heavy (non-hydrogen) atoms. The summed E-state index contributed by atoms with van der Waals surface area (Å²) in [6.07, 6.45) is 3.86. The lowest BCUT2D eigenvalue weighted by atomic mass is 9.55. The van der Waals surface area contributed by atoms with E-state index in [-0.39, 0.29) is 18.8 Å². The summed E-state index contributed by atoms with van der Waals surface area (Å²) in [6, 6.07) is 0. The van der Waals surface area contributed by atoms with Crippen LogP contribution in [0.4, 0.5) is 0 Å². The predicted molar refractivity (Wildman–Crippen MR) is 148 cm³/mol. The zero-order chi connectivity index (χ0) is 29.2. The molecule has 0 amide bonds. The molecule has 7 atom stereocenters. The molecule has 4 rings (SSSR count). The highest BCUT2D eigenvalue weighted by molar-refractivity contribution is 7.09. The molecule has 1 unspecified atom stereocenters. The number of hydrogen-bond donors (Lipinski definition) is 1. The van der Waals surface area contributed by atoms with Crippen molar-refractivity contribution in [1.82, 2.24) is 4.98 Å². The maximum Gasteiger partial charge on any atom is 0.330 e. The summed E-state index contributed by atoms with van der Waals surface area (Å²) in [5.41, 5.74) is 1.09. The van der Waals surface area contributed by atoms with Gasteiger partial charge in [0.2, 0.25) is 0 Å². The van der Waals surface area contributed by atoms with E-state index in [4.69, 9.17) is 14.2 Å². The molecule has 0 aromatic carbocycles. The van der Waals surface area contributed by atoms with Gasteiger partial charge in [-0.1, -0.05) is 19.6 Å². The Morgan fingerprint density at radius 2 is 2.08 bits per heavy atom. The van der Waals surface area contributed by atoms with Gasteiger partial charge < -0.3 is 19.3 Å². The number of rotatable bonds is 5. The highest BCUT2D eigenvalue weighted by Crippen LogP contribution is 2.54. The number of nitrogens with zero attached hydrogens (tertiary/aromatic N) is 1. The largest absolute Gasteiger partial charge is 0.460 e. The molecule has 10 heteroatoms. The first-order valence-electron chi connectivity index (χ1n) is 13.7. The number of aryl methyl sites for hydroxylation is 1. The molecule has 4 bridgehead atoms. The summed E-state index contributed by atoms with van der Waals surface area (Å²) < 4.78 is 16.9. The van der Waals surface area contributed by atoms with Crippen molar-refractivity contribution in [2.45, 2.75) is 78.1 Å². The second-order valence-electron chi connectivity index (χ2n) is 11.2. The molecule has 1 saturated carbocycles. The Kier molecular flexibility index (Phi) is 9.09. The number of thiazole rings is 1. The van der Waals surface area contributed by atoms with Crippen LogP contribution in [0.5, 0.6) is 0 Å². The monoisotopic (exact) mass is 571 g/mol. The zero-order valence-electron chi connectivity index (χ0n) is 23.4. The summed E-state index contributed by atoms with van der Waals surface area (Å²) in [4.78, 5) is 56.2. The first kappa shape index (κ1) is 29.9. The zero-order valence-corrected chi connectivity index (χ0v) is 24.2. The Bertz CT molecular complexity index is 1250. The molecule has 216 valence electrons. The van der Waals surface area contributed by atoms with Crippen molar-refractivity contribution in [1.29, 1.82) is 0 Å². The van der Waals surface area contributed by atoms with Crippen molar-refractivity contribution in [2.24, 2.45) is 23.2 Å². The van der Waals surface area contributed by atoms with E-state index in [0.29, 0.717) is 25.7 Å². The molecular formula is C30H37NO8S. The normalized spacial score (nSPS) is 34.7. The van der Waals surface area contributed by atoms with Crippen LogP contribution in [0.15, 0.2) is 35.3 Å². The molecule has 1 aromatic rings. The Morgan fingerprint density at radius 3 is 2.75 bits per heavy atom. The van der Waals surface area contributed by atoms with Gasteiger partial charge in [0.25, 0.3) is 0 Å². The maximum atomic E-state index is 13.5. The third-order valence-electron chi connectivity index (χ3n) is 8.52. The number of carbonyl (C=O) groups excluding carboxylic acids is 4. The van der Waals surface area contributed by atoms with Gasteiger partial charge in [-0.2, -0.15) is 0 Å². The number of aromatic nitrogens is 1. The third kappa shape index (κ3) is 5.98. The second kappa shape index (κ2) is 12.2. The van der Waals surface area contributed by atoms with Gasteiger partial charge in [0.1, 0.15) is 24.6 Å². The molecule has 0 radical (unpaired) electrons. The lowest BCUT2D eigenvalue weighted by Crippen LogP contribution is -2.57. The Morgan fingerprint density at radius 1 is 1.32 bits per heavy atom. The van der Waals surface area contributed by atoms with Crippen molar-refractivity contribution in [3.05, 3.63) is 46.0 Å². The Balaban J connectivity index is 1.70. The van der Waals surface area contributed by atoms with Crippen molar-refractivity contribution in [3.63, 3.8) is 0 Å². The van der Waals surface area contributed by atoms with E-state index >= 15 is 0 Å². The number of hydrogen-bond acceptors (Lipinski definition) is 10. The molecule has 1 saturated heterocycles. The number of Topliss-reactive ketones (excluding diaryl/α,β-unsaturated/α-hetero) is 1. The second-order valence-corrected chi connectivity index (χ2v) is 12.2.